The molecule has 2 atom stereocenters. The molecule has 5 nitrogen and oxygen atoms in total. The Morgan fingerprint density at radius 1 is 1.18 bits per heavy atom. The van der Waals surface area contributed by atoms with Gasteiger partial charge in [-0.05, 0) is 37.0 Å². The van der Waals surface area contributed by atoms with Crippen LogP contribution in [0.3, 0.4) is 0 Å². The number of nitrogens with one attached hydrogen (secondary N) is 1. The van der Waals surface area contributed by atoms with E-state index in [9.17, 15) is 14.7 Å². The van der Waals surface area contributed by atoms with E-state index in [4.69, 9.17) is 4.74 Å². The summed E-state index contributed by atoms with van der Waals surface area (Å²) in [7, 11) is 1.62. The van der Waals surface area contributed by atoms with Crippen molar-refractivity contribution in [1.29, 1.82) is 0 Å². The average molecular weight is 305 g/mol. The number of carbonyl (C=O) groups excluding carboxylic acids is 1. The molecule has 2 N–H and O–H groups in total. The van der Waals surface area contributed by atoms with E-state index in [1.54, 1.807) is 7.11 Å². The Kier molecular flexibility index (Phi) is 5.81. The lowest BCUT2D eigenvalue weighted by atomic mass is 9.78. The summed E-state index contributed by atoms with van der Waals surface area (Å²) in [6.45, 7) is 0.522. The smallest absolute Gasteiger partial charge is 0.307 e. The molecule has 1 aliphatic rings. The van der Waals surface area contributed by atoms with E-state index >= 15 is 0 Å². The molecule has 1 aromatic carbocycles. The average Bonchev–Trinajstić information content (AvgIpc) is 2.55. The molecule has 1 saturated carbocycles. The van der Waals surface area contributed by atoms with Crippen molar-refractivity contribution in [3.05, 3.63) is 29.8 Å². The van der Waals surface area contributed by atoms with Gasteiger partial charge in [0.15, 0.2) is 0 Å². The Labute approximate surface area is 130 Å². The predicted molar refractivity (Wildman–Crippen MR) is 82.8 cm³/mol. The first-order chi connectivity index (χ1) is 10.6. The van der Waals surface area contributed by atoms with Crippen LogP contribution < -0.4 is 10.1 Å². The predicted octanol–water partition coefficient (Wildman–Crippen LogP) is 2.24. The van der Waals surface area contributed by atoms with Crippen LogP contribution in [0.2, 0.25) is 0 Å². The maximum Gasteiger partial charge on any atom is 0.307 e. The molecule has 2 unspecified atom stereocenters. The highest BCUT2D eigenvalue weighted by Gasteiger charge is 2.35. The summed E-state index contributed by atoms with van der Waals surface area (Å²) >= 11 is 0. The summed E-state index contributed by atoms with van der Waals surface area (Å²) in [5.41, 5.74) is 1.11. The van der Waals surface area contributed by atoms with Gasteiger partial charge in [-0.15, -0.1) is 0 Å². The highest BCUT2D eigenvalue weighted by atomic mass is 16.5. The second-order valence-electron chi connectivity index (χ2n) is 5.72. The van der Waals surface area contributed by atoms with Gasteiger partial charge in [-0.25, -0.2) is 0 Å². The fourth-order valence-electron chi connectivity index (χ4n) is 2.99. The van der Waals surface area contributed by atoms with Crippen LogP contribution in [-0.4, -0.2) is 30.6 Å². The van der Waals surface area contributed by atoms with E-state index in [1.807, 2.05) is 24.3 Å². The quantitative estimate of drug-likeness (QED) is 0.845. The monoisotopic (exact) mass is 305 g/mol. The van der Waals surface area contributed by atoms with E-state index in [0.29, 0.717) is 19.4 Å². The molecule has 1 aliphatic carbocycles. The van der Waals surface area contributed by atoms with Crippen molar-refractivity contribution in [3.8, 4) is 5.75 Å². The minimum absolute atomic E-state index is 0.124. The van der Waals surface area contributed by atoms with E-state index in [0.717, 1.165) is 30.6 Å². The first-order valence-electron chi connectivity index (χ1n) is 7.75. The zero-order chi connectivity index (χ0) is 15.9. The third-order valence-corrected chi connectivity index (χ3v) is 4.29. The molecule has 0 radical (unpaired) electrons. The molecule has 0 saturated heterocycles. The number of benzene rings is 1. The van der Waals surface area contributed by atoms with Crippen LogP contribution in [0.15, 0.2) is 24.3 Å². The number of amides is 1. The zero-order valence-corrected chi connectivity index (χ0v) is 12.9. The number of hydrogen-bond acceptors (Lipinski definition) is 3. The van der Waals surface area contributed by atoms with Gasteiger partial charge in [-0.3, -0.25) is 9.59 Å². The maximum absolute atomic E-state index is 12.2. The number of ether oxygens (including phenoxy) is 1. The van der Waals surface area contributed by atoms with Crippen LogP contribution >= 0.6 is 0 Å². The molecule has 1 fully saturated rings. The van der Waals surface area contributed by atoms with Crippen molar-refractivity contribution >= 4 is 11.9 Å². The lowest BCUT2D eigenvalue weighted by Gasteiger charge is -2.27. The van der Waals surface area contributed by atoms with Gasteiger partial charge in [0.1, 0.15) is 5.75 Å². The van der Waals surface area contributed by atoms with Crippen LogP contribution in [0, 0.1) is 11.8 Å². The topological polar surface area (TPSA) is 75.6 Å². The molecule has 120 valence electrons. The normalized spacial score (nSPS) is 21.1. The van der Waals surface area contributed by atoms with Gasteiger partial charge in [0.25, 0.3) is 0 Å². The number of methoxy groups -OCH3 is 1. The van der Waals surface area contributed by atoms with Crippen molar-refractivity contribution in [2.45, 2.75) is 32.1 Å². The van der Waals surface area contributed by atoms with E-state index in [1.165, 1.54) is 0 Å². The molecule has 1 aromatic rings. The van der Waals surface area contributed by atoms with Crippen molar-refractivity contribution in [1.82, 2.24) is 5.32 Å². The molecule has 0 heterocycles. The molecule has 0 spiro atoms. The van der Waals surface area contributed by atoms with E-state index in [-0.39, 0.29) is 11.8 Å². The first-order valence-corrected chi connectivity index (χ1v) is 7.75. The molecule has 0 bridgehead atoms. The number of carbonyl (C=O) groups is 2. The molecule has 0 aliphatic heterocycles. The molecule has 22 heavy (non-hydrogen) atoms. The van der Waals surface area contributed by atoms with Gasteiger partial charge in [0.05, 0.1) is 18.9 Å². The molecular formula is C17H23NO4. The number of rotatable bonds is 6. The van der Waals surface area contributed by atoms with Crippen LogP contribution in [0.5, 0.6) is 5.75 Å². The summed E-state index contributed by atoms with van der Waals surface area (Å²) in [6, 6.07) is 7.70. The highest BCUT2D eigenvalue weighted by Crippen LogP contribution is 2.30. The number of aliphatic carboxylic acids is 1. The number of hydrogen-bond donors (Lipinski definition) is 2. The largest absolute Gasteiger partial charge is 0.497 e. The van der Waals surface area contributed by atoms with Crippen molar-refractivity contribution < 1.29 is 19.4 Å². The summed E-state index contributed by atoms with van der Waals surface area (Å²) in [5, 5.41) is 12.1. The second-order valence-corrected chi connectivity index (χ2v) is 5.72. The Morgan fingerprint density at radius 3 is 2.41 bits per heavy atom. The van der Waals surface area contributed by atoms with Gasteiger partial charge in [0.2, 0.25) is 5.91 Å². The van der Waals surface area contributed by atoms with Gasteiger partial charge in [-0.2, -0.15) is 0 Å². The van der Waals surface area contributed by atoms with Crippen molar-refractivity contribution in [2.75, 3.05) is 13.7 Å². The summed E-state index contributed by atoms with van der Waals surface area (Å²) < 4.78 is 5.10. The Bertz CT molecular complexity index is 512. The minimum Gasteiger partial charge on any atom is -0.497 e. The van der Waals surface area contributed by atoms with Gasteiger partial charge >= 0.3 is 5.97 Å². The zero-order valence-electron chi connectivity index (χ0n) is 12.9. The van der Waals surface area contributed by atoms with Crippen LogP contribution in [0.1, 0.15) is 31.2 Å². The SMILES string of the molecule is COc1ccc(CCNC(=O)C2CCCCC2C(=O)O)cc1. The molecule has 2 rings (SSSR count). The summed E-state index contributed by atoms with van der Waals surface area (Å²) in [5.74, 6) is -1.09. The number of carboxylic acid groups (broad SMARTS) is 1. The van der Waals surface area contributed by atoms with Crippen molar-refractivity contribution in [3.63, 3.8) is 0 Å². The molecule has 1 amide bonds. The van der Waals surface area contributed by atoms with Gasteiger partial charge in [-0.1, -0.05) is 25.0 Å². The third kappa shape index (κ3) is 4.23. The van der Waals surface area contributed by atoms with Crippen LogP contribution in [0.25, 0.3) is 0 Å². The molecule has 5 heteroatoms. The highest BCUT2D eigenvalue weighted by molar-refractivity contribution is 5.84. The van der Waals surface area contributed by atoms with Crippen LogP contribution in [-0.2, 0) is 16.0 Å². The lowest BCUT2D eigenvalue weighted by molar-refractivity contribution is -0.148. The Hall–Kier alpha value is -2.04. The lowest BCUT2D eigenvalue weighted by Crippen LogP contribution is -2.40. The van der Waals surface area contributed by atoms with Gasteiger partial charge < -0.3 is 15.2 Å². The number of carboxylic acids is 1. The summed E-state index contributed by atoms with van der Waals surface area (Å²) in [4.78, 5) is 23.4. The van der Waals surface area contributed by atoms with E-state index in [2.05, 4.69) is 5.32 Å². The van der Waals surface area contributed by atoms with E-state index < -0.39 is 11.9 Å². The molecule has 0 aromatic heterocycles. The minimum atomic E-state index is -0.852. The maximum atomic E-state index is 12.2. The van der Waals surface area contributed by atoms with Crippen molar-refractivity contribution in [2.24, 2.45) is 11.8 Å². The van der Waals surface area contributed by atoms with Gasteiger partial charge in [0, 0.05) is 6.54 Å². The Balaban J connectivity index is 1.82. The van der Waals surface area contributed by atoms with Crippen LogP contribution in [0.4, 0.5) is 0 Å². The summed E-state index contributed by atoms with van der Waals surface area (Å²) in [6.07, 6.45) is 3.82. The Morgan fingerprint density at radius 2 is 1.82 bits per heavy atom. The first kappa shape index (κ1) is 16.3. The fourth-order valence-corrected chi connectivity index (χ4v) is 2.99. The third-order valence-electron chi connectivity index (χ3n) is 4.29. The standard InChI is InChI=1S/C17H23NO4/c1-22-13-8-6-12(7-9-13)10-11-18-16(19)14-4-2-3-5-15(14)17(20)21/h6-9,14-15H,2-5,10-11H2,1H3,(H,18,19)(H,20,21). The second kappa shape index (κ2) is 7.82. The molecular weight excluding hydrogens is 282 g/mol. The fraction of sp³-hybridized carbons (Fsp3) is 0.529.